The maximum absolute atomic E-state index is 12.2. The molecule has 0 radical (unpaired) electrons. The number of aromatic hydroxyl groups is 1. The van der Waals surface area contributed by atoms with Crippen LogP contribution in [0.4, 0.5) is 0 Å². The number of aliphatic hydroxyl groups is 1. The lowest BCUT2D eigenvalue weighted by Crippen LogP contribution is -2.17. The Labute approximate surface area is 161 Å². The van der Waals surface area contributed by atoms with E-state index in [1.165, 1.54) is 12.8 Å². The van der Waals surface area contributed by atoms with Gasteiger partial charge in [-0.1, -0.05) is 24.3 Å². The van der Waals surface area contributed by atoms with Crippen molar-refractivity contribution in [3.8, 4) is 11.5 Å². The minimum atomic E-state index is 0.0904. The van der Waals surface area contributed by atoms with Gasteiger partial charge in [0.2, 0.25) is 0 Å². The number of phenolic OH excluding ortho intramolecular Hbond substituents is 1. The third-order valence-electron chi connectivity index (χ3n) is 5.62. The average molecular weight is 370 g/mol. The Kier molecular flexibility index (Phi) is 7.11. The van der Waals surface area contributed by atoms with Crippen LogP contribution in [-0.4, -0.2) is 28.7 Å². The second-order valence-corrected chi connectivity index (χ2v) is 7.67. The zero-order chi connectivity index (χ0) is 19.1. The van der Waals surface area contributed by atoms with E-state index in [0.29, 0.717) is 18.6 Å². The summed E-state index contributed by atoms with van der Waals surface area (Å²) in [5.41, 5.74) is 0.997. The first-order chi connectivity index (χ1) is 13.2. The zero-order valence-electron chi connectivity index (χ0n) is 15.8. The van der Waals surface area contributed by atoms with Gasteiger partial charge < -0.3 is 14.9 Å². The normalized spacial score (nSPS) is 23.1. The molecule has 1 saturated carbocycles. The van der Waals surface area contributed by atoms with Crippen LogP contribution in [0.25, 0.3) is 0 Å². The van der Waals surface area contributed by atoms with E-state index in [2.05, 4.69) is 6.08 Å². The van der Waals surface area contributed by atoms with Gasteiger partial charge in [-0.25, -0.2) is 0 Å². The summed E-state index contributed by atoms with van der Waals surface area (Å²) in [4.78, 5) is 12.2. The number of ketones is 1. The molecule has 1 aromatic rings. The number of benzene rings is 1. The molecule has 0 heterocycles. The molecule has 2 aliphatic carbocycles. The van der Waals surface area contributed by atoms with Crippen LogP contribution in [0.5, 0.6) is 11.5 Å². The van der Waals surface area contributed by atoms with Crippen molar-refractivity contribution in [2.45, 2.75) is 57.5 Å². The van der Waals surface area contributed by atoms with Crippen molar-refractivity contribution < 1.29 is 19.7 Å². The van der Waals surface area contributed by atoms with Gasteiger partial charge in [0, 0.05) is 18.9 Å². The summed E-state index contributed by atoms with van der Waals surface area (Å²) in [6.07, 6.45) is 15.4. The first-order valence-corrected chi connectivity index (χ1v) is 10.1. The summed E-state index contributed by atoms with van der Waals surface area (Å²) in [5, 5.41) is 19.4. The summed E-state index contributed by atoms with van der Waals surface area (Å²) in [6.45, 7) is 0.122. The summed E-state index contributed by atoms with van der Waals surface area (Å²) in [6, 6.07) is 5.36. The molecule has 0 aliphatic heterocycles. The molecule has 4 nitrogen and oxygen atoms in total. The minimum Gasteiger partial charge on any atom is -0.504 e. The molecule has 1 fully saturated rings. The maximum Gasteiger partial charge on any atom is 0.161 e. The maximum atomic E-state index is 12.2. The van der Waals surface area contributed by atoms with Crippen molar-refractivity contribution in [1.29, 1.82) is 0 Å². The highest BCUT2D eigenvalue weighted by molar-refractivity contribution is 5.89. The number of carbonyl (C=O) groups is 1. The van der Waals surface area contributed by atoms with Crippen LogP contribution in [0, 0.1) is 11.8 Å². The van der Waals surface area contributed by atoms with Gasteiger partial charge in [-0.3, -0.25) is 4.79 Å². The van der Waals surface area contributed by atoms with Gasteiger partial charge in [-0.15, -0.1) is 0 Å². The predicted octanol–water partition coefficient (Wildman–Crippen LogP) is 4.35. The number of allylic oxidation sites excluding steroid dienone is 3. The highest BCUT2D eigenvalue weighted by atomic mass is 16.5. The fraction of sp³-hybridized carbons (Fsp3) is 0.522. The number of ether oxygens (including phenoxy) is 1. The van der Waals surface area contributed by atoms with Crippen LogP contribution in [0.2, 0.25) is 0 Å². The molecule has 1 aromatic carbocycles. The number of rotatable bonds is 8. The third kappa shape index (κ3) is 5.70. The SMILES string of the molecule is O=C(C=CC1CCC=CC1CO)CCc1ccc(O)c(OC2CCCC2)c1. The first-order valence-electron chi connectivity index (χ1n) is 10.1. The molecule has 0 spiro atoms. The molecule has 2 aliphatic rings. The minimum absolute atomic E-state index is 0.0904. The van der Waals surface area contributed by atoms with Crippen molar-refractivity contribution in [3.05, 3.63) is 48.1 Å². The Morgan fingerprint density at radius 2 is 2.04 bits per heavy atom. The molecule has 0 bridgehead atoms. The van der Waals surface area contributed by atoms with E-state index < -0.39 is 0 Å². The highest BCUT2D eigenvalue weighted by Gasteiger charge is 2.19. The monoisotopic (exact) mass is 370 g/mol. The fourth-order valence-corrected chi connectivity index (χ4v) is 3.93. The van der Waals surface area contributed by atoms with Crippen LogP contribution in [0.3, 0.4) is 0 Å². The Bertz CT molecular complexity index is 686. The Balaban J connectivity index is 1.52. The lowest BCUT2D eigenvalue weighted by atomic mass is 9.84. The number of aryl methyl sites for hydroxylation is 1. The van der Waals surface area contributed by atoms with Gasteiger partial charge in [0.25, 0.3) is 0 Å². The smallest absolute Gasteiger partial charge is 0.161 e. The lowest BCUT2D eigenvalue weighted by Gasteiger charge is -2.22. The van der Waals surface area contributed by atoms with Crippen LogP contribution in [-0.2, 0) is 11.2 Å². The van der Waals surface area contributed by atoms with Gasteiger partial charge in [-0.05, 0) is 74.6 Å². The average Bonchev–Trinajstić information content (AvgIpc) is 3.20. The van der Waals surface area contributed by atoms with Crippen molar-refractivity contribution in [1.82, 2.24) is 0 Å². The standard InChI is InChI=1S/C23H30O4/c24-16-19-6-2-1-5-18(19)11-13-20(25)12-9-17-10-14-22(26)23(15-17)27-21-7-3-4-8-21/h2,6,10-11,13-15,18-19,21,24,26H,1,3-5,7-9,12,16H2. The molecule has 27 heavy (non-hydrogen) atoms. The molecule has 0 amide bonds. The number of phenols is 1. The molecule has 2 N–H and O–H groups in total. The molecule has 2 atom stereocenters. The van der Waals surface area contributed by atoms with Crippen LogP contribution in [0.15, 0.2) is 42.5 Å². The van der Waals surface area contributed by atoms with E-state index in [-0.39, 0.29) is 36.1 Å². The summed E-state index contributed by atoms with van der Waals surface area (Å²) in [7, 11) is 0. The largest absolute Gasteiger partial charge is 0.504 e. The highest BCUT2D eigenvalue weighted by Crippen LogP contribution is 2.32. The van der Waals surface area contributed by atoms with Gasteiger partial charge >= 0.3 is 0 Å². The van der Waals surface area contributed by atoms with E-state index in [1.807, 2.05) is 24.3 Å². The van der Waals surface area contributed by atoms with Gasteiger partial charge in [0.05, 0.1) is 6.10 Å². The number of aliphatic hydroxyl groups excluding tert-OH is 1. The van der Waals surface area contributed by atoms with Gasteiger partial charge in [0.15, 0.2) is 17.3 Å². The van der Waals surface area contributed by atoms with E-state index >= 15 is 0 Å². The van der Waals surface area contributed by atoms with Crippen LogP contribution < -0.4 is 4.74 Å². The van der Waals surface area contributed by atoms with Crippen molar-refractivity contribution in [3.63, 3.8) is 0 Å². The molecular weight excluding hydrogens is 340 g/mol. The quantitative estimate of drug-likeness (QED) is 0.527. The lowest BCUT2D eigenvalue weighted by molar-refractivity contribution is -0.114. The molecular formula is C23H30O4. The number of hydrogen-bond acceptors (Lipinski definition) is 4. The molecule has 146 valence electrons. The van der Waals surface area contributed by atoms with Crippen LogP contribution in [0.1, 0.15) is 50.5 Å². The van der Waals surface area contributed by atoms with E-state index in [4.69, 9.17) is 4.74 Å². The summed E-state index contributed by atoms with van der Waals surface area (Å²) >= 11 is 0. The van der Waals surface area contributed by atoms with Crippen molar-refractivity contribution in [2.24, 2.45) is 11.8 Å². The Morgan fingerprint density at radius 1 is 1.22 bits per heavy atom. The van der Waals surface area contributed by atoms with E-state index in [9.17, 15) is 15.0 Å². The summed E-state index contributed by atoms with van der Waals surface area (Å²) < 4.78 is 5.93. The Morgan fingerprint density at radius 3 is 2.81 bits per heavy atom. The first kappa shape index (κ1) is 19.7. The topological polar surface area (TPSA) is 66.8 Å². The van der Waals surface area contributed by atoms with Crippen LogP contribution >= 0.6 is 0 Å². The second kappa shape index (κ2) is 9.75. The third-order valence-corrected chi connectivity index (χ3v) is 5.62. The fourth-order valence-electron chi connectivity index (χ4n) is 3.93. The molecule has 0 saturated heterocycles. The zero-order valence-corrected chi connectivity index (χ0v) is 15.8. The molecule has 2 unspecified atom stereocenters. The predicted molar refractivity (Wildman–Crippen MR) is 106 cm³/mol. The molecule has 0 aromatic heterocycles. The number of carbonyl (C=O) groups excluding carboxylic acids is 1. The van der Waals surface area contributed by atoms with E-state index in [0.717, 1.165) is 31.2 Å². The number of hydrogen-bond donors (Lipinski definition) is 2. The van der Waals surface area contributed by atoms with Crippen molar-refractivity contribution in [2.75, 3.05) is 6.61 Å². The second-order valence-electron chi connectivity index (χ2n) is 7.67. The Hall–Kier alpha value is -2.07. The molecule has 4 heteroatoms. The summed E-state index contributed by atoms with van der Waals surface area (Å²) in [5.74, 6) is 1.14. The van der Waals surface area contributed by atoms with Gasteiger partial charge in [0.1, 0.15) is 0 Å². The van der Waals surface area contributed by atoms with Gasteiger partial charge in [-0.2, -0.15) is 0 Å². The molecule has 3 rings (SSSR count). The van der Waals surface area contributed by atoms with Crippen molar-refractivity contribution >= 4 is 5.78 Å². The van der Waals surface area contributed by atoms with E-state index in [1.54, 1.807) is 12.1 Å².